The van der Waals surface area contributed by atoms with Crippen LogP contribution in [0.3, 0.4) is 0 Å². The van der Waals surface area contributed by atoms with Gasteiger partial charge < -0.3 is 10.2 Å². The molecule has 3 aliphatic heterocycles. The van der Waals surface area contributed by atoms with E-state index in [1.165, 1.54) is 30.8 Å². The number of carbonyl (C=O) groups is 5. The molecule has 6 rings (SSSR count). The number of carbonyl (C=O) groups excluding carboxylic acids is 5. The normalized spacial score (nSPS) is 18.0. The number of hydrogen-bond acceptors (Lipinski definition) is 9. The van der Waals surface area contributed by atoms with Gasteiger partial charge in [-0.15, -0.1) is 0 Å². The molecule has 3 aliphatic rings. The third-order valence-corrected chi connectivity index (χ3v) is 8.36. The number of amides is 5. The molecule has 3 aromatic rings. The summed E-state index contributed by atoms with van der Waals surface area (Å²) in [6.45, 7) is 4.12. The number of nitrogens with one attached hydrogen (secondary N) is 2. The van der Waals surface area contributed by atoms with E-state index in [4.69, 9.17) is 5.26 Å². The number of nitrogens with zero attached hydrogens (tertiary/aromatic N) is 6. The number of fused-ring (bicyclic) bond motifs is 1. The van der Waals surface area contributed by atoms with Gasteiger partial charge in [-0.3, -0.25) is 38.9 Å². The Kier molecular flexibility index (Phi) is 7.75. The summed E-state index contributed by atoms with van der Waals surface area (Å²) in [5.41, 5.74) is -2.04. The minimum Gasteiger partial charge on any atom is -0.369 e. The van der Waals surface area contributed by atoms with Gasteiger partial charge >= 0.3 is 6.18 Å². The molecule has 13 nitrogen and oxygen atoms in total. The number of imide groups is 2. The molecule has 0 unspecified atom stereocenters. The Morgan fingerprint density at radius 3 is 2.48 bits per heavy atom. The molecule has 2 fully saturated rings. The summed E-state index contributed by atoms with van der Waals surface area (Å²) < 4.78 is 41.3. The molecular weight excluding hydrogens is 633 g/mol. The molecule has 2 N–H and O–H groups in total. The molecule has 5 amide bonds. The molecular formula is C32H25F3N8O5. The molecule has 0 aliphatic carbocycles. The lowest BCUT2D eigenvalue weighted by Crippen LogP contribution is -2.54. The molecule has 244 valence electrons. The van der Waals surface area contributed by atoms with Crippen LogP contribution in [-0.4, -0.2) is 68.3 Å². The first kappa shape index (κ1) is 31.9. The lowest BCUT2D eigenvalue weighted by atomic mass is 9.98. The van der Waals surface area contributed by atoms with Gasteiger partial charge in [0, 0.05) is 31.4 Å². The lowest BCUT2D eigenvalue weighted by Gasteiger charge is -2.38. The Balaban J connectivity index is 1.08. The van der Waals surface area contributed by atoms with Crippen LogP contribution in [0.2, 0.25) is 0 Å². The van der Waals surface area contributed by atoms with Crippen molar-refractivity contribution in [3.63, 3.8) is 0 Å². The first-order chi connectivity index (χ1) is 22.7. The highest BCUT2D eigenvalue weighted by molar-refractivity contribution is 6.23. The number of piperidine rings is 1. The van der Waals surface area contributed by atoms with Crippen molar-refractivity contribution in [2.24, 2.45) is 5.92 Å². The predicted octanol–water partition coefficient (Wildman–Crippen LogP) is 2.43. The Hall–Kier alpha value is -6.03. The van der Waals surface area contributed by atoms with E-state index >= 15 is 0 Å². The van der Waals surface area contributed by atoms with Crippen LogP contribution >= 0.6 is 0 Å². The van der Waals surface area contributed by atoms with Gasteiger partial charge in [-0.1, -0.05) is 11.8 Å². The second-order valence-electron chi connectivity index (χ2n) is 12.0. The van der Waals surface area contributed by atoms with Gasteiger partial charge in [-0.25, -0.2) is 4.98 Å². The van der Waals surface area contributed by atoms with Crippen LogP contribution in [0.25, 0.3) is 0 Å². The average Bonchev–Trinajstić information content (AvgIpc) is 3.59. The molecule has 48 heavy (non-hydrogen) atoms. The first-order valence-electron chi connectivity index (χ1n) is 14.6. The van der Waals surface area contributed by atoms with Crippen LogP contribution in [0, 0.1) is 29.1 Å². The molecule has 0 radical (unpaired) electrons. The number of alkyl halides is 3. The quantitative estimate of drug-likeness (QED) is 0.309. The molecule has 1 aromatic carbocycles. The fraction of sp³-hybridized carbons (Fsp3) is 0.312. The van der Waals surface area contributed by atoms with Gasteiger partial charge in [0.25, 0.3) is 17.7 Å². The predicted molar refractivity (Wildman–Crippen MR) is 160 cm³/mol. The molecule has 0 saturated carbocycles. The van der Waals surface area contributed by atoms with Crippen LogP contribution in [0.15, 0.2) is 42.9 Å². The van der Waals surface area contributed by atoms with Gasteiger partial charge in [-0.05, 0) is 44.5 Å². The summed E-state index contributed by atoms with van der Waals surface area (Å²) in [5, 5.41) is 17.7. The number of anilines is 2. The van der Waals surface area contributed by atoms with Crippen molar-refractivity contribution < 1.29 is 37.1 Å². The lowest BCUT2D eigenvalue weighted by molar-refractivity contribution is -0.138. The van der Waals surface area contributed by atoms with E-state index in [2.05, 4.69) is 32.6 Å². The van der Waals surface area contributed by atoms with Gasteiger partial charge in [0.15, 0.2) is 5.69 Å². The number of aromatic nitrogens is 3. The van der Waals surface area contributed by atoms with E-state index in [1.807, 2.05) is 4.90 Å². The molecule has 0 spiro atoms. The van der Waals surface area contributed by atoms with Gasteiger partial charge in [-0.2, -0.15) is 23.5 Å². The van der Waals surface area contributed by atoms with Crippen LogP contribution < -0.4 is 15.5 Å². The minimum atomic E-state index is -4.83. The summed E-state index contributed by atoms with van der Waals surface area (Å²) in [7, 11) is 0. The van der Waals surface area contributed by atoms with Crippen molar-refractivity contribution in [3.05, 3.63) is 70.8 Å². The van der Waals surface area contributed by atoms with Crippen LogP contribution in [0.4, 0.5) is 24.5 Å². The third-order valence-electron chi connectivity index (χ3n) is 8.36. The standard InChI is InChI=1S/C32H25F3N8O5/c1-31(2,30(48)39-19-9-23(32(33,34)35)24(11-36)37-13-19)42-16-17(12-38-42)3-4-18-14-41(15-18)20-5-6-21-22(10-20)29(47)43(28(21)46)25-7-8-26(44)40-27(25)45/h5-6,9-10,12-13,16,18,25H,7-8,14-15H2,1-2H3,(H,39,48)(H,40,44,45)/t25-/m0/s1. The molecule has 2 aromatic heterocycles. The van der Waals surface area contributed by atoms with Crippen molar-refractivity contribution in [3.8, 4) is 17.9 Å². The zero-order chi connectivity index (χ0) is 34.5. The minimum absolute atomic E-state index is 0.0337. The van der Waals surface area contributed by atoms with E-state index in [-0.39, 0.29) is 35.6 Å². The highest BCUT2D eigenvalue weighted by atomic mass is 19.4. The van der Waals surface area contributed by atoms with Gasteiger partial charge in [0.2, 0.25) is 11.8 Å². The second-order valence-corrected chi connectivity index (χ2v) is 12.0. The van der Waals surface area contributed by atoms with Crippen LogP contribution in [0.5, 0.6) is 0 Å². The maximum Gasteiger partial charge on any atom is 0.419 e. The summed E-state index contributed by atoms with van der Waals surface area (Å²) in [5.74, 6) is 3.16. The van der Waals surface area contributed by atoms with E-state index in [1.54, 1.807) is 24.4 Å². The fourth-order valence-corrected chi connectivity index (χ4v) is 5.54. The van der Waals surface area contributed by atoms with E-state index < -0.39 is 58.6 Å². The van der Waals surface area contributed by atoms with Crippen molar-refractivity contribution in [1.29, 1.82) is 5.26 Å². The highest BCUT2D eigenvalue weighted by Crippen LogP contribution is 2.34. The summed E-state index contributed by atoms with van der Waals surface area (Å²) in [4.78, 5) is 69.3. The van der Waals surface area contributed by atoms with Crippen molar-refractivity contribution in [1.82, 2.24) is 25.0 Å². The topological polar surface area (TPSA) is 170 Å². The third kappa shape index (κ3) is 5.72. The van der Waals surface area contributed by atoms with Crippen molar-refractivity contribution in [2.45, 2.75) is 44.4 Å². The molecule has 2 saturated heterocycles. The van der Waals surface area contributed by atoms with Crippen molar-refractivity contribution >= 4 is 40.9 Å². The van der Waals surface area contributed by atoms with E-state index in [0.29, 0.717) is 30.4 Å². The number of pyridine rings is 1. The highest BCUT2D eigenvalue weighted by Gasteiger charge is 2.45. The Morgan fingerprint density at radius 1 is 1.06 bits per heavy atom. The number of benzene rings is 1. The Morgan fingerprint density at radius 2 is 1.79 bits per heavy atom. The zero-order valence-electron chi connectivity index (χ0n) is 25.4. The van der Waals surface area contributed by atoms with E-state index in [0.717, 1.165) is 11.1 Å². The second kappa shape index (κ2) is 11.6. The average molecular weight is 659 g/mol. The monoisotopic (exact) mass is 658 g/mol. The number of hydrogen-bond donors (Lipinski definition) is 2. The molecule has 16 heteroatoms. The van der Waals surface area contributed by atoms with Crippen LogP contribution in [0.1, 0.15) is 64.2 Å². The fourth-order valence-electron chi connectivity index (χ4n) is 5.54. The number of rotatable bonds is 5. The summed E-state index contributed by atoms with van der Waals surface area (Å²) in [6.07, 6.45) is -0.754. The maximum atomic E-state index is 13.3. The first-order valence-corrected chi connectivity index (χ1v) is 14.6. The Labute approximate surface area is 270 Å². The maximum absolute atomic E-state index is 13.3. The Bertz CT molecular complexity index is 2010. The smallest absolute Gasteiger partial charge is 0.369 e. The number of nitriles is 1. The summed E-state index contributed by atoms with van der Waals surface area (Å²) in [6, 6.07) is 5.88. The van der Waals surface area contributed by atoms with E-state index in [9.17, 15) is 37.1 Å². The molecule has 1 atom stereocenters. The zero-order valence-corrected chi connectivity index (χ0v) is 25.4. The number of halogens is 3. The summed E-state index contributed by atoms with van der Waals surface area (Å²) >= 11 is 0. The SMILES string of the molecule is CC(C)(C(=O)Nc1cnc(C#N)c(C(F)(F)F)c1)n1cc(C#CC2CN(c3ccc4c(c3)C(=O)N([C@H]3CCC(=O)NC3=O)C4=O)C2)cn1. The van der Waals surface area contributed by atoms with Gasteiger partial charge in [0.05, 0.1) is 46.3 Å². The molecule has 0 bridgehead atoms. The molecule has 5 heterocycles. The van der Waals surface area contributed by atoms with Crippen LogP contribution in [-0.2, 0) is 26.1 Å². The van der Waals surface area contributed by atoms with Crippen molar-refractivity contribution in [2.75, 3.05) is 23.3 Å². The van der Waals surface area contributed by atoms with Gasteiger partial charge in [0.1, 0.15) is 17.6 Å². The largest absolute Gasteiger partial charge is 0.419 e.